The van der Waals surface area contributed by atoms with Crippen LogP contribution in [0, 0.1) is 0 Å². The average Bonchev–Trinajstić information content (AvgIpc) is 3.03. The third kappa shape index (κ3) is 6.51. The zero-order chi connectivity index (χ0) is 23.1. The van der Waals surface area contributed by atoms with Gasteiger partial charge in [0.05, 0.1) is 9.92 Å². The molecule has 2 aromatic rings. The molecule has 1 aliphatic heterocycles. The largest absolute Gasteiger partial charge is 0.480 e. The van der Waals surface area contributed by atoms with E-state index in [1.165, 1.54) is 18.2 Å². The first-order chi connectivity index (χ1) is 15.2. The van der Waals surface area contributed by atoms with E-state index in [2.05, 4.69) is 10.0 Å². The number of carboxylic acid groups (broad SMARTS) is 1. The molecule has 1 heterocycles. The average molecular weight is 482 g/mol. The van der Waals surface area contributed by atoms with Gasteiger partial charge in [0.25, 0.3) is 10.0 Å². The van der Waals surface area contributed by atoms with Gasteiger partial charge in [-0.15, -0.1) is 0 Å². The molecule has 0 spiro atoms. The number of nitrogens with one attached hydrogen (secondary N) is 2. The number of halogens is 1. The predicted molar refractivity (Wildman–Crippen MR) is 121 cm³/mol. The number of carbonyl (C=O) groups excluding carboxylic acids is 1. The van der Waals surface area contributed by atoms with Crippen molar-refractivity contribution in [2.24, 2.45) is 0 Å². The molecule has 1 aliphatic rings. The van der Waals surface area contributed by atoms with Crippen molar-refractivity contribution in [1.82, 2.24) is 4.90 Å². The number of nitrogens with zero attached hydrogens (tertiary/aromatic N) is 1. The van der Waals surface area contributed by atoms with E-state index >= 15 is 0 Å². The van der Waals surface area contributed by atoms with E-state index in [4.69, 9.17) is 21.4 Å². The fraction of sp³-hybridized carbons (Fsp3) is 0.333. The number of benzene rings is 2. The Morgan fingerprint density at radius 1 is 1.00 bits per heavy atom. The summed E-state index contributed by atoms with van der Waals surface area (Å²) in [7, 11) is -3.94. The quantitative estimate of drug-likeness (QED) is 0.548. The van der Waals surface area contributed by atoms with Crippen LogP contribution in [0.5, 0.6) is 5.75 Å². The molecule has 32 heavy (non-hydrogen) atoms. The van der Waals surface area contributed by atoms with Gasteiger partial charge in [-0.25, -0.2) is 18.0 Å². The lowest BCUT2D eigenvalue weighted by molar-refractivity contribution is -0.139. The first-order valence-corrected chi connectivity index (χ1v) is 11.9. The number of anilines is 2. The molecule has 1 saturated heterocycles. The molecule has 0 radical (unpaired) electrons. The highest BCUT2D eigenvalue weighted by molar-refractivity contribution is 7.92. The molecule has 0 aliphatic carbocycles. The number of aliphatic carboxylic acids is 1. The van der Waals surface area contributed by atoms with Crippen molar-refractivity contribution in [3.05, 3.63) is 47.5 Å². The van der Waals surface area contributed by atoms with E-state index < -0.39 is 22.6 Å². The second kappa shape index (κ2) is 10.6. The highest BCUT2D eigenvalue weighted by Gasteiger charge is 2.18. The highest BCUT2D eigenvalue weighted by atomic mass is 35.5. The van der Waals surface area contributed by atoms with Crippen molar-refractivity contribution >= 4 is 45.0 Å². The van der Waals surface area contributed by atoms with Crippen molar-refractivity contribution < 1.29 is 27.9 Å². The molecule has 172 valence electrons. The normalized spacial score (nSPS) is 14.3. The van der Waals surface area contributed by atoms with Gasteiger partial charge in [0.15, 0.2) is 6.61 Å². The molecule has 3 rings (SSSR count). The van der Waals surface area contributed by atoms with Crippen LogP contribution >= 0.6 is 11.6 Å². The molecule has 0 unspecified atom stereocenters. The summed E-state index contributed by atoms with van der Waals surface area (Å²) in [6.45, 7) is 0.865. The molecule has 0 atom stereocenters. The molecule has 0 bridgehead atoms. The van der Waals surface area contributed by atoms with Crippen LogP contribution in [0.25, 0.3) is 0 Å². The molecule has 2 amide bonds. The summed E-state index contributed by atoms with van der Waals surface area (Å²) in [6.07, 6.45) is 4.24. The van der Waals surface area contributed by atoms with Crippen molar-refractivity contribution in [2.45, 2.75) is 30.6 Å². The van der Waals surface area contributed by atoms with E-state index in [9.17, 15) is 18.0 Å². The number of amides is 2. The van der Waals surface area contributed by atoms with Crippen molar-refractivity contribution in [3.8, 4) is 5.75 Å². The van der Waals surface area contributed by atoms with Gasteiger partial charge in [-0.05, 0) is 55.3 Å². The fourth-order valence-corrected chi connectivity index (χ4v) is 4.60. The van der Waals surface area contributed by atoms with Crippen LogP contribution in [0.4, 0.5) is 16.2 Å². The number of carbonyl (C=O) groups is 2. The van der Waals surface area contributed by atoms with Gasteiger partial charge in [-0.3, -0.25) is 4.72 Å². The van der Waals surface area contributed by atoms with Crippen molar-refractivity contribution in [2.75, 3.05) is 29.7 Å². The lowest BCUT2D eigenvalue weighted by atomic mass is 10.2. The molecule has 0 aromatic heterocycles. The van der Waals surface area contributed by atoms with Crippen LogP contribution in [0.15, 0.2) is 47.4 Å². The van der Waals surface area contributed by atoms with Gasteiger partial charge in [-0.1, -0.05) is 24.4 Å². The van der Waals surface area contributed by atoms with Gasteiger partial charge in [0.2, 0.25) is 0 Å². The highest BCUT2D eigenvalue weighted by Crippen LogP contribution is 2.28. The summed E-state index contributed by atoms with van der Waals surface area (Å²) in [5, 5.41) is 11.5. The first kappa shape index (κ1) is 23.7. The Morgan fingerprint density at radius 2 is 1.62 bits per heavy atom. The number of ether oxygens (including phenoxy) is 1. The summed E-state index contributed by atoms with van der Waals surface area (Å²) in [6, 6.07) is 9.88. The van der Waals surface area contributed by atoms with E-state index in [-0.39, 0.29) is 21.7 Å². The summed E-state index contributed by atoms with van der Waals surface area (Å²) in [4.78, 5) is 24.7. The molecule has 3 N–H and O–H groups in total. The number of rotatable bonds is 7. The van der Waals surface area contributed by atoms with Crippen LogP contribution in [0.1, 0.15) is 25.7 Å². The predicted octanol–water partition coefficient (Wildman–Crippen LogP) is 4.01. The SMILES string of the molecule is O=C(O)COc1ccc(S(=O)(=O)Nc2ccc(NC(=O)N3CCCCCC3)cc2)cc1Cl. The summed E-state index contributed by atoms with van der Waals surface area (Å²) >= 11 is 6.01. The Morgan fingerprint density at radius 3 is 2.22 bits per heavy atom. The molecule has 9 nitrogen and oxygen atoms in total. The Bertz CT molecular complexity index is 1070. The fourth-order valence-electron chi connectivity index (χ4n) is 3.22. The van der Waals surface area contributed by atoms with Gasteiger partial charge < -0.3 is 20.1 Å². The van der Waals surface area contributed by atoms with Crippen LogP contribution in [-0.2, 0) is 14.8 Å². The van der Waals surface area contributed by atoms with E-state index in [0.717, 1.165) is 38.8 Å². The van der Waals surface area contributed by atoms with E-state index in [1.807, 2.05) is 0 Å². The zero-order valence-corrected chi connectivity index (χ0v) is 18.8. The second-order valence-corrected chi connectivity index (χ2v) is 9.38. The lowest BCUT2D eigenvalue weighted by Crippen LogP contribution is -2.35. The van der Waals surface area contributed by atoms with E-state index in [1.54, 1.807) is 29.2 Å². The third-order valence-corrected chi connectivity index (χ3v) is 6.52. The molecule has 1 fully saturated rings. The first-order valence-electron chi connectivity index (χ1n) is 10.1. The molecule has 11 heteroatoms. The van der Waals surface area contributed by atoms with Crippen LogP contribution in [-0.4, -0.2) is 50.1 Å². The van der Waals surface area contributed by atoms with Gasteiger partial charge in [0.1, 0.15) is 5.75 Å². The Labute approximate surface area is 191 Å². The minimum absolute atomic E-state index is 0.0271. The number of sulfonamides is 1. The summed E-state index contributed by atoms with van der Waals surface area (Å²) < 4.78 is 32.7. The molecule has 0 saturated carbocycles. The number of likely N-dealkylation sites (tertiary alicyclic amines) is 1. The van der Waals surface area contributed by atoms with Crippen LogP contribution in [0.3, 0.4) is 0 Å². The third-order valence-electron chi connectivity index (χ3n) is 4.85. The molecular formula is C21H24ClN3O6S. The maximum atomic E-state index is 12.7. The molecule has 2 aromatic carbocycles. The number of urea groups is 1. The van der Waals surface area contributed by atoms with Gasteiger partial charge >= 0.3 is 12.0 Å². The monoisotopic (exact) mass is 481 g/mol. The smallest absolute Gasteiger partial charge is 0.341 e. The van der Waals surface area contributed by atoms with Crippen LogP contribution in [0.2, 0.25) is 5.02 Å². The van der Waals surface area contributed by atoms with Gasteiger partial charge in [-0.2, -0.15) is 0 Å². The zero-order valence-electron chi connectivity index (χ0n) is 17.2. The van der Waals surface area contributed by atoms with E-state index in [0.29, 0.717) is 11.4 Å². The summed E-state index contributed by atoms with van der Waals surface area (Å²) in [5.74, 6) is -1.11. The van der Waals surface area contributed by atoms with Crippen molar-refractivity contribution in [1.29, 1.82) is 0 Å². The topological polar surface area (TPSA) is 125 Å². The second-order valence-electron chi connectivity index (χ2n) is 7.29. The summed E-state index contributed by atoms with van der Waals surface area (Å²) in [5.41, 5.74) is 0.866. The Balaban J connectivity index is 1.63. The Kier molecular flexibility index (Phi) is 7.81. The maximum Gasteiger partial charge on any atom is 0.341 e. The minimum atomic E-state index is -3.94. The standard InChI is InChI=1S/C21H24ClN3O6S/c22-18-13-17(9-10-19(18)31-14-20(26)27)32(29,30)24-16-7-5-15(6-8-16)23-21(28)25-11-3-1-2-4-12-25/h5-10,13,24H,1-4,11-12,14H2,(H,23,28)(H,26,27). The minimum Gasteiger partial charge on any atom is -0.480 e. The number of carboxylic acids is 1. The van der Waals surface area contributed by atoms with Crippen LogP contribution < -0.4 is 14.8 Å². The molecular weight excluding hydrogens is 458 g/mol. The number of hydrogen-bond donors (Lipinski definition) is 3. The van der Waals surface area contributed by atoms with Crippen molar-refractivity contribution in [3.63, 3.8) is 0 Å². The number of hydrogen-bond acceptors (Lipinski definition) is 5. The lowest BCUT2D eigenvalue weighted by Gasteiger charge is -2.20. The Hall–Kier alpha value is -2.98. The maximum absolute atomic E-state index is 12.7. The van der Waals surface area contributed by atoms with Gasteiger partial charge in [0, 0.05) is 24.5 Å².